The number of esters is 2. The van der Waals surface area contributed by atoms with Gasteiger partial charge in [0, 0.05) is 34.2 Å². The molecule has 0 aromatic heterocycles. The fourth-order valence-electron chi connectivity index (χ4n) is 1.43. The molecule has 0 aliphatic rings. The predicted molar refractivity (Wildman–Crippen MR) is 121 cm³/mol. The first-order chi connectivity index (χ1) is 13.7. The summed E-state index contributed by atoms with van der Waals surface area (Å²) in [7, 11) is 0. The molecular weight excluding hydrogens is 436 g/mol. The van der Waals surface area contributed by atoms with Crippen LogP contribution in [0.3, 0.4) is 0 Å². The summed E-state index contributed by atoms with van der Waals surface area (Å²) < 4.78 is 9.73. The minimum absolute atomic E-state index is 0.113. The molecule has 0 aliphatic heterocycles. The quantitative estimate of drug-likeness (QED) is 0.228. The van der Waals surface area contributed by atoms with E-state index in [1.807, 2.05) is 0 Å². The molecule has 0 unspecified atom stereocenters. The summed E-state index contributed by atoms with van der Waals surface area (Å²) in [5.41, 5.74) is 0.643. The lowest BCUT2D eigenvalue weighted by molar-refractivity contribution is -0.139. The molecule has 0 heterocycles. The van der Waals surface area contributed by atoms with Crippen molar-refractivity contribution < 1.29 is 28.7 Å². The van der Waals surface area contributed by atoms with Crippen LogP contribution in [-0.2, 0) is 19.1 Å². The normalized spacial score (nSPS) is 10.0. The Kier molecular flexibility index (Phi) is 16.3. The van der Waals surface area contributed by atoms with E-state index in [4.69, 9.17) is 9.47 Å². The van der Waals surface area contributed by atoms with E-state index in [0.717, 1.165) is 35.0 Å². The van der Waals surface area contributed by atoms with Crippen molar-refractivity contribution in [3.8, 4) is 0 Å². The van der Waals surface area contributed by atoms with Crippen LogP contribution < -0.4 is 10.6 Å². The van der Waals surface area contributed by atoms with Crippen LogP contribution >= 0.6 is 35.3 Å². The largest absolute Gasteiger partial charge is 0.460 e. The Hall–Kier alpha value is -1.59. The number of amides is 2. The minimum Gasteiger partial charge on any atom is -0.460 e. The summed E-state index contributed by atoms with van der Waals surface area (Å²) in [5.74, 6) is 1.91. The van der Waals surface area contributed by atoms with Crippen LogP contribution in [0, 0.1) is 0 Å². The second-order valence-corrected chi connectivity index (χ2v) is 8.93. The summed E-state index contributed by atoms with van der Waals surface area (Å²) in [6, 6.07) is 0. The maximum atomic E-state index is 11.6. The van der Waals surface area contributed by atoms with Crippen LogP contribution in [0.2, 0.25) is 0 Å². The van der Waals surface area contributed by atoms with Gasteiger partial charge < -0.3 is 20.1 Å². The second kappa shape index (κ2) is 17.3. The van der Waals surface area contributed by atoms with Crippen molar-refractivity contribution in [2.45, 2.75) is 13.8 Å². The molecule has 2 N–H and O–H groups in total. The summed E-state index contributed by atoms with van der Waals surface area (Å²) in [4.78, 5) is 45.5. The topological polar surface area (TPSA) is 111 Å². The molecule has 0 aromatic carbocycles. The molecule has 0 atom stereocenters. The summed E-state index contributed by atoms with van der Waals surface area (Å²) >= 11 is 3.97. The van der Waals surface area contributed by atoms with E-state index in [1.54, 1.807) is 25.6 Å². The Morgan fingerprint density at radius 2 is 1.10 bits per heavy atom. The predicted octanol–water partition coefficient (Wildman–Crippen LogP) is 2.84. The summed E-state index contributed by atoms with van der Waals surface area (Å²) in [6.07, 6.45) is 0. The molecule has 8 nitrogen and oxygen atoms in total. The number of thioether (sulfide) groups is 3. The number of carbonyl (C=O) groups is 4. The maximum Gasteiger partial charge on any atom is 0.333 e. The van der Waals surface area contributed by atoms with E-state index >= 15 is 0 Å². The number of nitrogens with one attached hydrogen (secondary N) is 2. The number of rotatable bonds is 14. The average molecular weight is 465 g/mol. The smallest absolute Gasteiger partial charge is 0.333 e. The van der Waals surface area contributed by atoms with Crippen LogP contribution in [0.1, 0.15) is 13.8 Å². The first-order valence-corrected chi connectivity index (χ1v) is 11.9. The zero-order chi connectivity index (χ0) is 22.1. The Bertz CT molecular complexity index is 548. The highest BCUT2D eigenvalue weighted by Gasteiger charge is 2.06. The van der Waals surface area contributed by atoms with E-state index in [2.05, 4.69) is 23.8 Å². The van der Waals surface area contributed by atoms with E-state index in [9.17, 15) is 19.2 Å². The van der Waals surface area contributed by atoms with Crippen molar-refractivity contribution in [1.82, 2.24) is 10.6 Å². The SMILES string of the molecule is C=C(C)C(=O)OCCNC(=O)SCCSCCSC(=O)NCCOC(=O)C(=C)C. The zero-order valence-electron chi connectivity index (χ0n) is 16.7. The molecule has 2 amide bonds. The number of carbonyl (C=O) groups excluding carboxylic acids is 4. The monoisotopic (exact) mass is 464 g/mol. The number of ether oxygens (including phenoxy) is 2. The highest BCUT2D eigenvalue weighted by atomic mass is 32.2. The lowest BCUT2D eigenvalue weighted by atomic mass is 10.4. The van der Waals surface area contributed by atoms with Crippen LogP contribution in [0.15, 0.2) is 24.3 Å². The molecule has 0 saturated heterocycles. The van der Waals surface area contributed by atoms with Gasteiger partial charge in [0.25, 0.3) is 10.5 Å². The van der Waals surface area contributed by atoms with Gasteiger partial charge in [-0.05, 0) is 13.8 Å². The third-order valence-corrected chi connectivity index (χ3v) is 5.96. The molecule has 0 radical (unpaired) electrons. The Labute approximate surface area is 184 Å². The van der Waals surface area contributed by atoms with E-state index < -0.39 is 11.9 Å². The number of hydrogen-bond acceptors (Lipinski definition) is 9. The average Bonchev–Trinajstić information content (AvgIpc) is 2.67. The van der Waals surface area contributed by atoms with Crippen LogP contribution in [0.25, 0.3) is 0 Å². The van der Waals surface area contributed by atoms with Crippen LogP contribution in [-0.4, -0.2) is 71.7 Å². The van der Waals surface area contributed by atoms with Crippen molar-refractivity contribution in [1.29, 1.82) is 0 Å². The highest BCUT2D eigenvalue weighted by molar-refractivity contribution is 8.15. The van der Waals surface area contributed by atoms with Gasteiger partial charge in [0.15, 0.2) is 0 Å². The molecule has 0 spiro atoms. The van der Waals surface area contributed by atoms with Gasteiger partial charge in [-0.25, -0.2) is 9.59 Å². The van der Waals surface area contributed by atoms with Crippen molar-refractivity contribution in [3.05, 3.63) is 24.3 Å². The third kappa shape index (κ3) is 17.0. The molecule has 0 saturated carbocycles. The first-order valence-electron chi connectivity index (χ1n) is 8.78. The first kappa shape index (κ1) is 27.4. The van der Waals surface area contributed by atoms with Gasteiger partial charge in [0.1, 0.15) is 13.2 Å². The number of hydrogen-bond donors (Lipinski definition) is 2. The van der Waals surface area contributed by atoms with Gasteiger partial charge in [-0.1, -0.05) is 36.7 Å². The molecule has 0 aliphatic carbocycles. The van der Waals surface area contributed by atoms with Gasteiger partial charge in [-0.3, -0.25) is 9.59 Å². The molecule has 0 bridgehead atoms. The molecule has 0 rings (SSSR count). The van der Waals surface area contributed by atoms with Gasteiger partial charge in [0.05, 0.1) is 13.1 Å². The molecule has 29 heavy (non-hydrogen) atoms. The van der Waals surface area contributed by atoms with Gasteiger partial charge in [-0.2, -0.15) is 11.8 Å². The summed E-state index contributed by atoms with van der Waals surface area (Å²) in [6.45, 7) is 10.8. The molecule has 11 heteroatoms. The zero-order valence-corrected chi connectivity index (χ0v) is 19.2. The second-order valence-electron chi connectivity index (χ2n) is 5.57. The molecule has 0 aromatic rings. The van der Waals surface area contributed by atoms with Crippen molar-refractivity contribution in [2.75, 3.05) is 49.3 Å². The molecule has 164 valence electrons. The molecular formula is C18H28N2O6S3. The van der Waals surface area contributed by atoms with E-state index in [0.29, 0.717) is 22.7 Å². The van der Waals surface area contributed by atoms with Crippen molar-refractivity contribution >= 4 is 57.7 Å². The highest BCUT2D eigenvalue weighted by Crippen LogP contribution is 2.11. The fourth-order valence-corrected chi connectivity index (χ4v) is 4.02. The van der Waals surface area contributed by atoms with Crippen molar-refractivity contribution in [2.24, 2.45) is 0 Å². The molecule has 0 fully saturated rings. The van der Waals surface area contributed by atoms with Gasteiger partial charge in [-0.15, -0.1) is 0 Å². The summed E-state index contributed by atoms with van der Waals surface area (Å²) in [5, 5.41) is 4.96. The lowest BCUT2D eigenvalue weighted by Gasteiger charge is -2.07. The van der Waals surface area contributed by atoms with Gasteiger partial charge >= 0.3 is 11.9 Å². The van der Waals surface area contributed by atoms with Crippen LogP contribution in [0.4, 0.5) is 9.59 Å². The minimum atomic E-state index is -0.471. The lowest BCUT2D eigenvalue weighted by Crippen LogP contribution is -2.25. The Morgan fingerprint density at radius 3 is 1.45 bits per heavy atom. The maximum absolute atomic E-state index is 11.6. The fraction of sp³-hybridized carbons (Fsp3) is 0.556. The standard InChI is InChI=1S/C18H28N2O6S3/c1-13(2)15(21)25-7-5-19-17(23)28-11-9-27-10-12-29-18(24)20-6-8-26-16(22)14(3)4/h1,3,5-12H2,2,4H3,(H,19,23)(H,20,24). The third-order valence-electron chi connectivity index (χ3n) is 2.83. The Morgan fingerprint density at radius 1 is 0.724 bits per heavy atom. The van der Waals surface area contributed by atoms with E-state index in [1.165, 1.54) is 0 Å². The van der Waals surface area contributed by atoms with Gasteiger partial charge in [0.2, 0.25) is 0 Å². The Balaban J connectivity index is 3.47. The van der Waals surface area contributed by atoms with Crippen molar-refractivity contribution in [3.63, 3.8) is 0 Å². The van der Waals surface area contributed by atoms with E-state index in [-0.39, 0.29) is 36.8 Å². The van der Waals surface area contributed by atoms with Crippen LogP contribution in [0.5, 0.6) is 0 Å².